The van der Waals surface area contributed by atoms with Gasteiger partial charge in [-0.25, -0.2) is 0 Å². The summed E-state index contributed by atoms with van der Waals surface area (Å²) in [7, 11) is 3.23. The number of allylic oxidation sites excluding steroid dienone is 1. The third-order valence-electron chi connectivity index (χ3n) is 2.77. The third-order valence-corrected chi connectivity index (χ3v) is 2.77. The number of hydrogen-bond donors (Lipinski definition) is 1. The number of rotatable bonds is 3. The van der Waals surface area contributed by atoms with Crippen LogP contribution in [0.4, 0.5) is 0 Å². The molecule has 13 heavy (non-hydrogen) atoms. The van der Waals surface area contributed by atoms with E-state index in [0.717, 1.165) is 12.8 Å². The topological polar surface area (TPSA) is 38.7 Å². The van der Waals surface area contributed by atoms with E-state index < -0.39 is 6.10 Å². The summed E-state index contributed by atoms with van der Waals surface area (Å²) >= 11 is 0. The first-order chi connectivity index (χ1) is 6.22. The zero-order valence-electron chi connectivity index (χ0n) is 8.27. The average molecular weight is 186 g/mol. The van der Waals surface area contributed by atoms with Crippen molar-refractivity contribution < 1.29 is 14.6 Å². The Hall–Kier alpha value is -0.380. The Morgan fingerprint density at radius 1 is 1.23 bits per heavy atom. The maximum atomic E-state index is 9.76. The predicted molar refractivity (Wildman–Crippen MR) is 50.5 cm³/mol. The lowest BCUT2D eigenvalue weighted by Crippen LogP contribution is -2.45. The molecular weight excluding hydrogens is 168 g/mol. The number of hydrogen-bond acceptors (Lipinski definition) is 3. The lowest BCUT2D eigenvalue weighted by Gasteiger charge is -2.36. The molecule has 0 amide bonds. The van der Waals surface area contributed by atoms with Crippen LogP contribution in [0.3, 0.4) is 0 Å². The van der Waals surface area contributed by atoms with Crippen molar-refractivity contribution in [2.45, 2.75) is 31.2 Å². The predicted octanol–water partition coefficient (Wildman–Crippen LogP) is 0.973. The molecule has 2 unspecified atom stereocenters. The van der Waals surface area contributed by atoms with Crippen LogP contribution in [0.5, 0.6) is 0 Å². The van der Waals surface area contributed by atoms with Crippen molar-refractivity contribution >= 4 is 0 Å². The largest absolute Gasteiger partial charge is 0.388 e. The summed E-state index contributed by atoms with van der Waals surface area (Å²) in [5.74, 6) is 0.387. The van der Waals surface area contributed by atoms with Crippen molar-refractivity contribution in [1.29, 1.82) is 0 Å². The van der Waals surface area contributed by atoms with Crippen LogP contribution in [-0.4, -0.2) is 37.6 Å². The van der Waals surface area contributed by atoms with E-state index in [4.69, 9.17) is 9.47 Å². The van der Waals surface area contributed by atoms with Crippen LogP contribution in [0.25, 0.3) is 0 Å². The molecule has 0 heterocycles. The van der Waals surface area contributed by atoms with Gasteiger partial charge in [-0.3, -0.25) is 0 Å². The van der Waals surface area contributed by atoms with Gasteiger partial charge in [0.25, 0.3) is 0 Å². The highest BCUT2D eigenvalue weighted by Crippen LogP contribution is 2.28. The minimum atomic E-state index is -0.508. The van der Waals surface area contributed by atoms with Gasteiger partial charge in [-0.1, -0.05) is 6.08 Å². The summed E-state index contributed by atoms with van der Waals surface area (Å²) in [6.07, 6.45) is 2.82. The molecule has 1 saturated carbocycles. The smallest absolute Gasteiger partial charge is 0.106 e. The molecule has 0 aliphatic heterocycles. The molecule has 1 N–H and O–H groups in total. The highest BCUT2D eigenvalue weighted by atomic mass is 16.5. The summed E-state index contributed by atoms with van der Waals surface area (Å²) in [5, 5.41) is 9.76. The molecule has 3 heteroatoms. The zero-order chi connectivity index (χ0) is 9.84. The van der Waals surface area contributed by atoms with Crippen molar-refractivity contribution in [2.24, 2.45) is 5.92 Å². The SMILES string of the molecule is C=CC1CC(OC)C(O)C(OC)C1. The lowest BCUT2D eigenvalue weighted by atomic mass is 9.83. The fourth-order valence-electron chi connectivity index (χ4n) is 1.88. The number of aliphatic hydroxyl groups is 1. The Kier molecular flexibility index (Phi) is 3.90. The van der Waals surface area contributed by atoms with E-state index in [0.29, 0.717) is 5.92 Å². The van der Waals surface area contributed by atoms with E-state index in [1.807, 2.05) is 6.08 Å². The van der Waals surface area contributed by atoms with E-state index in [-0.39, 0.29) is 12.2 Å². The number of aliphatic hydroxyl groups excluding tert-OH is 1. The lowest BCUT2D eigenvalue weighted by molar-refractivity contribution is -0.121. The van der Waals surface area contributed by atoms with Gasteiger partial charge in [0.2, 0.25) is 0 Å². The molecule has 0 spiro atoms. The molecule has 1 fully saturated rings. The van der Waals surface area contributed by atoms with Gasteiger partial charge in [0.05, 0.1) is 12.2 Å². The minimum absolute atomic E-state index is 0.123. The fourth-order valence-corrected chi connectivity index (χ4v) is 1.88. The van der Waals surface area contributed by atoms with Crippen molar-refractivity contribution in [1.82, 2.24) is 0 Å². The van der Waals surface area contributed by atoms with Gasteiger partial charge in [0.1, 0.15) is 6.10 Å². The molecule has 0 aromatic heterocycles. The zero-order valence-corrected chi connectivity index (χ0v) is 8.27. The monoisotopic (exact) mass is 186 g/mol. The van der Waals surface area contributed by atoms with Crippen molar-refractivity contribution in [2.75, 3.05) is 14.2 Å². The van der Waals surface area contributed by atoms with Crippen LogP contribution >= 0.6 is 0 Å². The molecule has 1 aliphatic carbocycles. The Labute approximate surface area is 79.3 Å². The molecule has 0 bridgehead atoms. The third kappa shape index (κ3) is 2.30. The molecule has 1 aliphatic rings. The molecular formula is C10H18O3. The summed E-state index contributed by atoms with van der Waals surface area (Å²) in [6, 6.07) is 0. The molecule has 3 nitrogen and oxygen atoms in total. The number of ether oxygens (including phenoxy) is 2. The fraction of sp³-hybridized carbons (Fsp3) is 0.800. The number of methoxy groups -OCH3 is 2. The summed E-state index contributed by atoms with van der Waals surface area (Å²) in [4.78, 5) is 0. The van der Waals surface area contributed by atoms with Crippen LogP contribution in [-0.2, 0) is 9.47 Å². The Morgan fingerprint density at radius 2 is 1.69 bits per heavy atom. The second kappa shape index (κ2) is 4.74. The minimum Gasteiger partial charge on any atom is -0.388 e. The molecule has 0 aromatic rings. The molecule has 0 radical (unpaired) electrons. The van der Waals surface area contributed by atoms with Crippen LogP contribution in [0.2, 0.25) is 0 Å². The standard InChI is InChI=1S/C10H18O3/c1-4-7-5-8(12-2)10(11)9(6-7)13-3/h4,7-11H,1,5-6H2,2-3H3. The Morgan fingerprint density at radius 3 is 2.00 bits per heavy atom. The van der Waals surface area contributed by atoms with Gasteiger partial charge >= 0.3 is 0 Å². The van der Waals surface area contributed by atoms with E-state index >= 15 is 0 Å². The van der Waals surface area contributed by atoms with Crippen molar-refractivity contribution in [3.8, 4) is 0 Å². The summed E-state index contributed by atoms with van der Waals surface area (Å²) < 4.78 is 10.4. The summed E-state index contributed by atoms with van der Waals surface area (Å²) in [5.41, 5.74) is 0. The molecule has 0 aromatic carbocycles. The van der Waals surface area contributed by atoms with Gasteiger partial charge < -0.3 is 14.6 Å². The second-order valence-corrected chi connectivity index (χ2v) is 3.51. The van der Waals surface area contributed by atoms with E-state index in [9.17, 15) is 5.11 Å². The van der Waals surface area contributed by atoms with Crippen LogP contribution in [0, 0.1) is 5.92 Å². The van der Waals surface area contributed by atoms with E-state index in [1.165, 1.54) is 0 Å². The first-order valence-electron chi connectivity index (χ1n) is 4.59. The highest BCUT2D eigenvalue weighted by molar-refractivity contribution is 4.94. The highest BCUT2D eigenvalue weighted by Gasteiger charge is 2.35. The summed E-state index contributed by atoms with van der Waals surface area (Å²) in [6.45, 7) is 3.75. The molecule has 0 saturated heterocycles. The van der Waals surface area contributed by atoms with Gasteiger partial charge in [-0.05, 0) is 18.8 Å². The first kappa shape index (κ1) is 10.7. The van der Waals surface area contributed by atoms with E-state index in [1.54, 1.807) is 14.2 Å². The van der Waals surface area contributed by atoms with E-state index in [2.05, 4.69) is 6.58 Å². The first-order valence-corrected chi connectivity index (χ1v) is 4.59. The van der Waals surface area contributed by atoms with Crippen molar-refractivity contribution in [3.05, 3.63) is 12.7 Å². The van der Waals surface area contributed by atoms with Crippen molar-refractivity contribution in [3.63, 3.8) is 0 Å². The molecule has 76 valence electrons. The second-order valence-electron chi connectivity index (χ2n) is 3.51. The van der Waals surface area contributed by atoms with Gasteiger partial charge in [-0.2, -0.15) is 0 Å². The normalized spacial score (nSPS) is 40.2. The van der Waals surface area contributed by atoms with Crippen LogP contribution < -0.4 is 0 Å². The molecule has 2 atom stereocenters. The Bertz CT molecular complexity index is 156. The average Bonchev–Trinajstić information content (AvgIpc) is 2.18. The van der Waals surface area contributed by atoms with Gasteiger partial charge in [-0.15, -0.1) is 6.58 Å². The van der Waals surface area contributed by atoms with Crippen LogP contribution in [0.15, 0.2) is 12.7 Å². The van der Waals surface area contributed by atoms with Crippen LogP contribution in [0.1, 0.15) is 12.8 Å². The Balaban J connectivity index is 2.61. The maximum Gasteiger partial charge on any atom is 0.106 e. The maximum absolute atomic E-state index is 9.76. The van der Waals surface area contributed by atoms with Gasteiger partial charge in [0.15, 0.2) is 0 Å². The van der Waals surface area contributed by atoms with Gasteiger partial charge in [0, 0.05) is 14.2 Å². The quantitative estimate of drug-likeness (QED) is 0.668. The molecule has 1 rings (SSSR count).